The Morgan fingerprint density at radius 3 is 3.04 bits per heavy atom. The Morgan fingerprint density at radius 1 is 1.32 bits per heavy atom. The third kappa shape index (κ3) is 4.06. The van der Waals surface area contributed by atoms with Gasteiger partial charge in [0.05, 0.1) is 5.69 Å². The molecular formula is C22H22FN3O2. The van der Waals surface area contributed by atoms with Crippen LogP contribution in [0.1, 0.15) is 24.3 Å². The molecule has 28 heavy (non-hydrogen) atoms. The zero-order valence-electron chi connectivity index (χ0n) is 15.7. The molecule has 4 rings (SSSR count). The summed E-state index contributed by atoms with van der Waals surface area (Å²) in [6, 6.07) is 12.5. The number of aromatic nitrogens is 1. The van der Waals surface area contributed by atoms with Gasteiger partial charge in [-0.15, -0.1) is 0 Å². The smallest absolute Gasteiger partial charge is 0.244 e. The summed E-state index contributed by atoms with van der Waals surface area (Å²) in [6.07, 6.45) is 4.76. The van der Waals surface area contributed by atoms with Gasteiger partial charge in [0.2, 0.25) is 11.8 Å². The zero-order valence-corrected chi connectivity index (χ0v) is 15.7. The number of carbonyl (C=O) groups is 1. The number of aryl methyl sites for hydroxylation is 1. The predicted molar refractivity (Wildman–Crippen MR) is 108 cm³/mol. The number of fused-ring (bicyclic) bond motifs is 1. The van der Waals surface area contributed by atoms with Crippen molar-refractivity contribution in [2.75, 3.05) is 18.0 Å². The maximum atomic E-state index is 14.2. The van der Waals surface area contributed by atoms with Crippen molar-refractivity contribution in [2.24, 2.45) is 0 Å². The maximum Gasteiger partial charge on any atom is 0.244 e. The molecule has 2 aromatic carbocycles. The highest BCUT2D eigenvalue weighted by atomic mass is 19.1. The molecule has 2 heterocycles. The van der Waals surface area contributed by atoms with Gasteiger partial charge >= 0.3 is 0 Å². The van der Waals surface area contributed by atoms with E-state index in [-0.39, 0.29) is 17.8 Å². The van der Waals surface area contributed by atoms with Gasteiger partial charge in [0.15, 0.2) is 5.58 Å². The van der Waals surface area contributed by atoms with Gasteiger partial charge in [0.25, 0.3) is 0 Å². The van der Waals surface area contributed by atoms with Crippen LogP contribution in [0.2, 0.25) is 0 Å². The van der Waals surface area contributed by atoms with E-state index in [1.807, 2.05) is 42.2 Å². The number of hydrogen-bond donors (Lipinski definition) is 1. The van der Waals surface area contributed by atoms with Crippen LogP contribution in [0.4, 0.5) is 10.1 Å². The molecule has 1 fully saturated rings. The van der Waals surface area contributed by atoms with Crippen molar-refractivity contribution >= 4 is 28.8 Å². The number of anilines is 1. The molecule has 1 atom stereocenters. The lowest BCUT2D eigenvalue weighted by molar-refractivity contribution is -0.117. The van der Waals surface area contributed by atoms with Crippen LogP contribution in [-0.4, -0.2) is 30.0 Å². The van der Waals surface area contributed by atoms with Crippen molar-refractivity contribution in [3.8, 4) is 0 Å². The minimum atomic E-state index is -0.228. The molecule has 1 amide bonds. The Hall–Kier alpha value is -3.15. The zero-order chi connectivity index (χ0) is 19.5. The molecule has 0 radical (unpaired) electrons. The molecule has 6 heteroatoms. The Bertz CT molecular complexity index is 995. The summed E-state index contributed by atoms with van der Waals surface area (Å²) in [4.78, 5) is 18.6. The molecule has 1 unspecified atom stereocenters. The SMILES string of the molecule is Cc1ccc(F)c(N2CCCC(NC(=O)/C=C/c3nc4ccccc4o3)C2)c1. The molecule has 5 nitrogen and oxygen atoms in total. The number of benzene rings is 2. The fraction of sp³-hybridized carbons (Fsp3) is 0.273. The largest absolute Gasteiger partial charge is 0.437 e. The third-order valence-electron chi connectivity index (χ3n) is 4.90. The predicted octanol–water partition coefficient (Wildman–Crippen LogP) is 4.07. The van der Waals surface area contributed by atoms with Gasteiger partial charge in [-0.25, -0.2) is 9.37 Å². The number of hydrogen-bond acceptors (Lipinski definition) is 4. The average Bonchev–Trinajstić information content (AvgIpc) is 3.11. The van der Waals surface area contributed by atoms with Crippen molar-refractivity contribution in [3.63, 3.8) is 0 Å². The van der Waals surface area contributed by atoms with Crippen molar-refractivity contribution in [1.82, 2.24) is 10.3 Å². The number of halogens is 1. The molecule has 0 bridgehead atoms. The molecule has 3 aromatic rings. The standard InChI is InChI=1S/C22H22FN3O2/c1-15-8-9-17(23)19(13-15)26-12-4-5-16(14-26)24-21(27)10-11-22-25-18-6-2-3-7-20(18)28-22/h2-3,6-11,13,16H,4-5,12,14H2,1H3,(H,24,27)/b11-10+. The monoisotopic (exact) mass is 379 g/mol. The third-order valence-corrected chi connectivity index (χ3v) is 4.90. The lowest BCUT2D eigenvalue weighted by Gasteiger charge is -2.35. The fourth-order valence-electron chi connectivity index (χ4n) is 3.54. The number of amides is 1. The molecule has 144 valence electrons. The Balaban J connectivity index is 1.39. The second-order valence-corrected chi connectivity index (χ2v) is 7.10. The van der Waals surface area contributed by atoms with Gasteiger partial charge in [0.1, 0.15) is 11.3 Å². The van der Waals surface area contributed by atoms with Gasteiger partial charge in [-0.05, 0) is 49.6 Å². The topological polar surface area (TPSA) is 58.4 Å². The Kier molecular flexibility index (Phi) is 5.10. The number of oxazole rings is 1. The summed E-state index contributed by atoms with van der Waals surface area (Å²) in [5.41, 5.74) is 3.06. The van der Waals surface area contributed by atoms with Crippen molar-refractivity contribution in [1.29, 1.82) is 0 Å². The Morgan fingerprint density at radius 2 is 2.18 bits per heavy atom. The molecular weight excluding hydrogens is 357 g/mol. The van der Waals surface area contributed by atoms with Crippen molar-refractivity contribution in [2.45, 2.75) is 25.8 Å². The second-order valence-electron chi connectivity index (χ2n) is 7.10. The highest BCUT2D eigenvalue weighted by Crippen LogP contribution is 2.24. The van der Waals surface area contributed by atoms with E-state index in [4.69, 9.17) is 4.42 Å². The molecule has 1 aromatic heterocycles. The van der Waals surface area contributed by atoms with E-state index < -0.39 is 0 Å². The number of nitrogens with zero attached hydrogens (tertiary/aromatic N) is 2. The molecule has 1 aliphatic rings. The first kappa shape index (κ1) is 18.2. The summed E-state index contributed by atoms with van der Waals surface area (Å²) in [6.45, 7) is 3.32. The fourth-order valence-corrected chi connectivity index (χ4v) is 3.54. The van der Waals surface area contributed by atoms with Crippen LogP contribution in [0.3, 0.4) is 0 Å². The number of carbonyl (C=O) groups excluding carboxylic acids is 1. The molecule has 1 N–H and O–H groups in total. The van der Waals surface area contributed by atoms with Gasteiger partial charge in [-0.2, -0.15) is 0 Å². The van der Waals surface area contributed by atoms with Crippen LogP contribution in [0.25, 0.3) is 17.2 Å². The molecule has 1 aliphatic heterocycles. The summed E-state index contributed by atoms with van der Waals surface area (Å²) in [5, 5.41) is 3.00. The lowest BCUT2D eigenvalue weighted by atomic mass is 10.0. The summed E-state index contributed by atoms with van der Waals surface area (Å²) in [5.74, 6) is -0.0456. The first-order valence-electron chi connectivity index (χ1n) is 9.44. The summed E-state index contributed by atoms with van der Waals surface area (Å²) >= 11 is 0. The van der Waals surface area contributed by atoms with Crippen LogP contribution in [0.5, 0.6) is 0 Å². The summed E-state index contributed by atoms with van der Waals surface area (Å²) in [7, 11) is 0. The summed E-state index contributed by atoms with van der Waals surface area (Å²) < 4.78 is 19.8. The normalized spacial score (nSPS) is 17.4. The first-order valence-corrected chi connectivity index (χ1v) is 9.44. The van der Waals surface area contributed by atoms with Crippen LogP contribution in [0, 0.1) is 12.7 Å². The van der Waals surface area contributed by atoms with Gasteiger partial charge < -0.3 is 14.6 Å². The molecule has 0 saturated carbocycles. The van der Waals surface area contributed by atoms with Crippen LogP contribution in [0.15, 0.2) is 53.0 Å². The number of piperidine rings is 1. The van der Waals surface area contributed by atoms with Gasteiger partial charge in [-0.3, -0.25) is 4.79 Å². The van der Waals surface area contributed by atoms with Crippen LogP contribution in [-0.2, 0) is 4.79 Å². The van der Waals surface area contributed by atoms with E-state index in [0.717, 1.165) is 30.5 Å². The van der Waals surface area contributed by atoms with E-state index in [2.05, 4.69) is 10.3 Å². The first-order chi connectivity index (χ1) is 13.6. The number of nitrogens with one attached hydrogen (secondary N) is 1. The van der Waals surface area contributed by atoms with E-state index in [9.17, 15) is 9.18 Å². The molecule has 1 saturated heterocycles. The minimum absolute atomic E-state index is 0.0329. The Labute approximate surface area is 162 Å². The van der Waals surface area contributed by atoms with E-state index >= 15 is 0 Å². The highest BCUT2D eigenvalue weighted by Gasteiger charge is 2.23. The number of rotatable bonds is 4. The second kappa shape index (κ2) is 7.84. The van der Waals surface area contributed by atoms with E-state index in [1.54, 1.807) is 12.1 Å². The average molecular weight is 379 g/mol. The maximum absolute atomic E-state index is 14.2. The number of para-hydroxylation sites is 2. The van der Waals surface area contributed by atoms with Gasteiger partial charge in [0, 0.05) is 31.3 Å². The lowest BCUT2D eigenvalue weighted by Crippen LogP contribution is -2.47. The van der Waals surface area contributed by atoms with Crippen LogP contribution >= 0.6 is 0 Å². The minimum Gasteiger partial charge on any atom is -0.437 e. The van der Waals surface area contributed by atoms with E-state index in [0.29, 0.717) is 23.7 Å². The van der Waals surface area contributed by atoms with Crippen molar-refractivity contribution < 1.29 is 13.6 Å². The highest BCUT2D eigenvalue weighted by molar-refractivity contribution is 5.91. The molecule has 0 spiro atoms. The van der Waals surface area contributed by atoms with Crippen LogP contribution < -0.4 is 10.2 Å². The quantitative estimate of drug-likeness (QED) is 0.694. The van der Waals surface area contributed by atoms with E-state index in [1.165, 1.54) is 12.1 Å². The van der Waals surface area contributed by atoms with Gasteiger partial charge in [-0.1, -0.05) is 18.2 Å². The molecule has 0 aliphatic carbocycles. The van der Waals surface area contributed by atoms with Crippen molar-refractivity contribution in [3.05, 3.63) is 65.8 Å².